The minimum atomic E-state index is -3.16. The molecule has 0 spiro atoms. The van der Waals surface area contributed by atoms with Crippen LogP contribution in [0.5, 0.6) is 0 Å². The Morgan fingerprint density at radius 1 is 1.47 bits per heavy atom. The third kappa shape index (κ3) is 3.40. The molecule has 0 aliphatic rings. The summed E-state index contributed by atoms with van der Waals surface area (Å²) in [6.07, 6.45) is -3.76. The van der Waals surface area contributed by atoms with Crippen molar-refractivity contribution >= 4 is 5.97 Å². The van der Waals surface area contributed by atoms with Crippen molar-refractivity contribution in [3.8, 4) is 0 Å². The van der Waals surface area contributed by atoms with Gasteiger partial charge in [-0.25, -0.2) is 18.2 Å². The molecule has 0 aliphatic heterocycles. The maximum absolute atomic E-state index is 13.2. The van der Waals surface area contributed by atoms with Crippen molar-refractivity contribution in [2.24, 2.45) is 0 Å². The lowest BCUT2D eigenvalue weighted by Gasteiger charge is -2.06. The fourth-order valence-electron chi connectivity index (χ4n) is 1.14. The lowest BCUT2D eigenvalue weighted by atomic mass is 10.2. The van der Waals surface area contributed by atoms with Crippen LogP contribution in [0.15, 0.2) is 6.07 Å². The highest BCUT2D eigenvalue weighted by Gasteiger charge is 2.20. The van der Waals surface area contributed by atoms with Crippen molar-refractivity contribution in [2.75, 3.05) is 6.61 Å². The van der Waals surface area contributed by atoms with E-state index < -0.39 is 41.8 Å². The predicted octanol–water partition coefficient (Wildman–Crippen LogP) is 2.40. The van der Waals surface area contributed by atoms with Gasteiger partial charge in [-0.3, -0.25) is 4.79 Å². The number of hydrogen-bond donors (Lipinski definition) is 0. The molecule has 0 amide bonds. The summed E-state index contributed by atoms with van der Waals surface area (Å²) < 4.78 is 55.1. The number of carbonyl (C=O) groups is 1. The number of alkyl halides is 2. The maximum atomic E-state index is 13.2. The van der Waals surface area contributed by atoms with E-state index in [1.807, 2.05) is 0 Å². The van der Waals surface area contributed by atoms with Crippen molar-refractivity contribution in [2.45, 2.75) is 19.8 Å². The number of aromatic nitrogens is 1. The fraction of sp³-hybridized carbons (Fsp3) is 0.400. The molecule has 0 N–H and O–H groups in total. The van der Waals surface area contributed by atoms with Gasteiger partial charge in [0.05, 0.1) is 24.3 Å². The number of rotatable bonds is 4. The zero-order chi connectivity index (χ0) is 13.0. The second-order valence-electron chi connectivity index (χ2n) is 3.08. The first-order valence-electron chi connectivity index (χ1n) is 4.74. The van der Waals surface area contributed by atoms with E-state index in [1.54, 1.807) is 6.92 Å². The summed E-state index contributed by atoms with van der Waals surface area (Å²) in [5.41, 5.74) is -1.68. The van der Waals surface area contributed by atoms with Crippen LogP contribution in [0, 0.1) is 11.8 Å². The summed E-state index contributed by atoms with van der Waals surface area (Å²) in [5, 5.41) is 0. The SMILES string of the molecule is CCOC(=O)Cc1nc(F)c(C(F)F)cc1F. The summed E-state index contributed by atoms with van der Waals surface area (Å²) in [4.78, 5) is 14.0. The van der Waals surface area contributed by atoms with Gasteiger partial charge in [0.2, 0.25) is 5.95 Å². The third-order valence-electron chi connectivity index (χ3n) is 1.88. The van der Waals surface area contributed by atoms with Crippen molar-refractivity contribution < 1.29 is 27.1 Å². The zero-order valence-electron chi connectivity index (χ0n) is 8.84. The van der Waals surface area contributed by atoms with Crippen LogP contribution in [0.2, 0.25) is 0 Å². The van der Waals surface area contributed by atoms with Crippen molar-refractivity contribution in [1.29, 1.82) is 0 Å². The van der Waals surface area contributed by atoms with Gasteiger partial charge in [-0.2, -0.15) is 4.39 Å². The molecule has 17 heavy (non-hydrogen) atoms. The molecule has 94 valence electrons. The Bertz CT molecular complexity index is 423. The molecule has 7 heteroatoms. The molecule has 0 aliphatic carbocycles. The van der Waals surface area contributed by atoms with Crippen LogP contribution >= 0.6 is 0 Å². The van der Waals surface area contributed by atoms with E-state index in [2.05, 4.69) is 9.72 Å². The minimum Gasteiger partial charge on any atom is -0.466 e. The van der Waals surface area contributed by atoms with E-state index in [0.717, 1.165) is 0 Å². The Kier molecular flexibility index (Phi) is 4.42. The van der Waals surface area contributed by atoms with Crippen molar-refractivity contribution in [3.05, 3.63) is 29.1 Å². The van der Waals surface area contributed by atoms with E-state index >= 15 is 0 Å². The molecule has 0 aromatic carbocycles. The van der Waals surface area contributed by atoms with Gasteiger partial charge in [-0.1, -0.05) is 0 Å². The molecule has 1 aromatic rings. The molecule has 3 nitrogen and oxygen atoms in total. The van der Waals surface area contributed by atoms with Gasteiger partial charge < -0.3 is 4.74 Å². The molecular weight excluding hydrogens is 242 g/mol. The number of pyridine rings is 1. The lowest BCUT2D eigenvalue weighted by Crippen LogP contribution is -2.12. The van der Waals surface area contributed by atoms with Crippen LogP contribution in [0.1, 0.15) is 24.6 Å². The van der Waals surface area contributed by atoms with E-state index in [4.69, 9.17) is 0 Å². The number of nitrogens with zero attached hydrogens (tertiary/aromatic N) is 1. The quantitative estimate of drug-likeness (QED) is 0.468. The van der Waals surface area contributed by atoms with Crippen molar-refractivity contribution in [3.63, 3.8) is 0 Å². The average molecular weight is 251 g/mol. The molecular formula is C10H9F4NO2. The Morgan fingerprint density at radius 2 is 2.12 bits per heavy atom. The summed E-state index contributed by atoms with van der Waals surface area (Å²) in [7, 11) is 0. The van der Waals surface area contributed by atoms with Crippen LogP contribution < -0.4 is 0 Å². The van der Waals surface area contributed by atoms with E-state index in [-0.39, 0.29) is 6.61 Å². The van der Waals surface area contributed by atoms with Gasteiger partial charge in [-0.15, -0.1) is 0 Å². The predicted molar refractivity (Wildman–Crippen MR) is 49.4 cm³/mol. The topological polar surface area (TPSA) is 39.2 Å². The largest absolute Gasteiger partial charge is 0.466 e. The van der Waals surface area contributed by atoms with Crippen molar-refractivity contribution in [1.82, 2.24) is 4.98 Å². The molecule has 0 saturated heterocycles. The second-order valence-corrected chi connectivity index (χ2v) is 3.08. The summed E-state index contributed by atoms with van der Waals surface area (Å²) in [5.74, 6) is -3.45. The van der Waals surface area contributed by atoms with Crippen LogP contribution in [-0.2, 0) is 16.0 Å². The van der Waals surface area contributed by atoms with Crippen LogP contribution in [-0.4, -0.2) is 17.6 Å². The molecule has 1 rings (SSSR count). The van der Waals surface area contributed by atoms with Crippen LogP contribution in [0.4, 0.5) is 17.6 Å². The minimum absolute atomic E-state index is 0.0814. The molecule has 0 bridgehead atoms. The summed E-state index contributed by atoms with van der Waals surface area (Å²) in [6.45, 7) is 1.63. The highest BCUT2D eigenvalue weighted by Crippen LogP contribution is 2.22. The molecule has 0 saturated carbocycles. The number of halogens is 4. The first-order valence-corrected chi connectivity index (χ1v) is 4.74. The molecule has 0 unspecified atom stereocenters. The Balaban J connectivity index is 2.95. The number of carbonyl (C=O) groups excluding carboxylic acids is 1. The Morgan fingerprint density at radius 3 is 2.65 bits per heavy atom. The first kappa shape index (κ1) is 13.4. The van der Waals surface area contributed by atoms with E-state index in [9.17, 15) is 22.4 Å². The number of ether oxygens (including phenoxy) is 1. The van der Waals surface area contributed by atoms with Crippen LogP contribution in [0.25, 0.3) is 0 Å². The van der Waals surface area contributed by atoms with Gasteiger partial charge in [0.15, 0.2) is 0 Å². The van der Waals surface area contributed by atoms with Gasteiger partial charge in [0.25, 0.3) is 6.43 Å². The van der Waals surface area contributed by atoms with Gasteiger partial charge >= 0.3 is 5.97 Å². The van der Waals surface area contributed by atoms with Gasteiger partial charge in [-0.05, 0) is 13.0 Å². The Labute approximate surface area is 94.4 Å². The second kappa shape index (κ2) is 5.60. The maximum Gasteiger partial charge on any atom is 0.311 e. The molecule has 0 atom stereocenters. The van der Waals surface area contributed by atoms with E-state index in [1.165, 1.54) is 0 Å². The van der Waals surface area contributed by atoms with Crippen LogP contribution in [0.3, 0.4) is 0 Å². The fourth-order valence-corrected chi connectivity index (χ4v) is 1.14. The molecule has 0 radical (unpaired) electrons. The number of hydrogen-bond acceptors (Lipinski definition) is 3. The lowest BCUT2D eigenvalue weighted by molar-refractivity contribution is -0.142. The van der Waals surface area contributed by atoms with Gasteiger partial charge in [0.1, 0.15) is 5.82 Å². The Hall–Kier alpha value is -1.66. The molecule has 1 heterocycles. The number of esters is 1. The smallest absolute Gasteiger partial charge is 0.311 e. The average Bonchev–Trinajstić information content (AvgIpc) is 2.22. The summed E-state index contributed by atoms with van der Waals surface area (Å²) in [6, 6.07) is 0.335. The normalized spacial score (nSPS) is 10.7. The summed E-state index contributed by atoms with van der Waals surface area (Å²) >= 11 is 0. The zero-order valence-corrected chi connectivity index (χ0v) is 8.84. The van der Waals surface area contributed by atoms with Gasteiger partial charge in [0, 0.05) is 0 Å². The third-order valence-corrected chi connectivity index (χ3v) is 1.88. The highest BCUT2D eigenvalue weighted by atomic mass is 19.3. The first-order chi connectivity index (χ1) is 7.95. The standard InChI is InChI=1S/C10H9F4NO2/c1-2-17-8(16)4-7-6(11)3-5(9(12)13)10(14)15-7/h3,9H,2,4H2,1H3. The highest BCUT2D eigenvalue weighted by molar-refractivity contribution is 5.72. The molecule has 0 fully saturated rings. The van der Waals surface area contributed by atoms with E-state index in [0.29, 0.717) is 6.07 Å². The molecule has 1 aromatic heterocycles. The monoisotopic (exact) mass is 251 g/mol.